The van der Waals surface area contributed by atoms with Crippen molar-refractivity contribution < 1.29 is 9.53 Å². The number of nitrogens with zero attached hydrogens (tertiary/aromatic N) is 3. The van der Waals surface area contributed by atoms with Crippen LogP contribution in [0.5, 0.6) is 0 Å². The van der Waals surface area contributed by atoms with Gasteiger partial charge in [-0.1, -0.05) is 30.3 Å². The van der Waals surface area contributed by atoms with Gasteiger partial charge in [-0.05, 0) is 25.5 Å². The number of nitriles is 1. The van der Waals surface area contributed by atoms with Crippen molar-refractivity contribution in [1.29, 1.82) is 5.26 Å². The molecule has 2 aromatic rings. The van der Waals surface area contributed by atoms with E-state index in [0.717, 1.165) is 23.5 Å². The highest BCUT2D eigenvalue weighted by Gasteiger charge is 2.19. The molecule has 1 aromatic carbocycles. The van der Waals surface area contributed by atoms with E-state index in [2.05, 4.69) is 15.1 Å². The van der Waals surface area contributed by atoms with Crippen LogP contribution >= 0.6 is 0 Å². The molecule has 25 heavy (non-hydrogen) atoms. The minimum atomic E-state index is -0.882. The van der Waals surface area contributed by atoms with E-state index in [1.165, 1.54) is 0 Å². The van der Waals surface area contributed by atoms with Crippen molar-refractivity contribution in [2.24, 2.45) is 5.10 Å². The number of carbonyl (C=O) groups is 1. The molecule has 0 radical (unpaired) electrons. The summed E-state index contributed by atoms with van der Waals surface area (Å²) in [6.45, 7) is 5.40. The van der Waals surface area contributed by atoms with Gasteiger partial charge in [-0.2, -0.15) is 10.4 Å². The van der Waals surface area contributed by atoms with Gasteiger partial charge in [0.25, 0.3) is 5.91 Å². The summed E-state index contributed by atoms with van der Waals surface area (Å²) < 4.78 is 7.25. The lowest BCUT2D eigenvalue weighted by atomic mass is 10.0. The quantitative estimate of drug-likeness (QED) is 0.622. The summed E-state index contributed by atoms with van der Waals surface area (Å²) in [6, 6.07) is 12.9. The third-order valence-electron chi connectivity index (χ3n) is 4.03. The summed E-state index contributed by atoms with van der Waals surface area (Å²) in [5.74, 6) is -1.33. The molecule has 1 N–H and O–H groups in total. The number of ether oxygens (including phenoxy) is 1. The molecule has 130 valence electrons. The van der Waals surface area contributed by atoms with Crippen LogP contribution in [0.15, 0.2) is 41.5 Å². The average Bonchev–Trinajstić information content (AvgIpc) is 2.88. The van der Waals surface area contributed by atoms with Crippen molar-refractivity contribution in [3.63, 3.8) is 0 Å². The molecule has 1 heterocycles. The molecular weight excluding hydrogens is 316 g/mol. The summed E-state index contributed by atoms with van der Waals surface area (Å²) >= 11 is 0. The van der Waals surface area contributed by atoms with Gasteiger partial charge in [0.2, 0.25) is 0 Å². The van der Waals surface area contributed by atoms with E-state index in [-0.39, 0.29) is 0 Å². The third kappa shape index (κ3) is 4.55. The second kappa shape index (κ2) is 8.81. The van der Waals surface area contributed by atoms with E-state index in [0.29, 0.717) is 12.2 Å². The topological polar surface area (TPSA) is 79.4 Å². The smallest absolute Gasteiger partial charge is 0.261 e. The van der Waals surface area contributed by atoms with Gasteiger partial charge in [-0.3, -0.25) is 4.79 Å². The summed E-state index contributed by atoms with van der Waals surface area (Å²) in [5, 5.41) is 13.3. The van der Waals surface area contributed by atoms with Crippen molar-refractivity contribution in [3.05, 3.63) is 58.9 Å². The number of rotatable bonds is 7. The molecule has 0 aliphatic carbocycles. The molecule has 1 amide bonds. The van der Waals surface area contributed by atoms with E-state index < -0.39 is 11.8 Å². The summed E-state index contributed by atoms with van der Waals surface area (Å²) in [5.41, 5.74) is 6.17. The largest absolute Gasteiger partial charge is 0.383 e. The van der Waals surface area contributed by atoms with Crippen LogP contribution in [-0.4, -0.2) is 30.4 Å². The second-order valence-electron chi connectivity index (χ2n) is 5.68. The maximum atomic E-state index is 12.2. The van der Waals surface area contributed by atoms with E-state index in [9.17, 15) is 10.1 Å². The molecule has 1 atom stereocenters. The van der Waals surface area contributed by atoms with E-state index in [1.54, 1.807) is 37.6 Å². The Bertz CT molecular complexity index is 788. The number of hydrazone groups is 1. The first-order chi connectivity index (χ1) is 12.1. The van der Waals surface area contributed by atoms with E-state index in [4.69, 9.17) is 4.74 Å². The Morgan fingerprint density at radius 2 is 2.12 bits per heavy atom. The highest BCUT2D eigenvalue weighted by Crippen LogP contribution is 2.15. The zero-order valence-electron chi connectivity index (χ0n) is 14.7. The van der Waals surface area contributed by atoms with E-state index in [1.807, 2.05) is 32.0 Å². The molecular formula is C19H22N4O2. The van der Waals surface area contributed by atoms with Gasteiger partial charge >= 0.3 is 0 Å². The molecule has 2 rings (SSSR count). The van der Waals surface area contributed by atoms with E-state index >= 15 is 0 Å². The van der Waals surface area contributed by atoms with Crippen molar-refractivity contribution in [3.8, 4) is 6.07 Å². The number of hydrogen-bond acceptors (Lipinski definition) is 4. The molecule has 6 nitrogen and oxygen atoms in total. The molecule has 0 fully saturated rings. The van der Waals surface area contributed by atoms with Crippen LogP contribution in [0.3, 0.4) is 0 Å². The van der Waals surface area contributed by atoms with Crippen molar-refractivity contribution in [2.75, 3.05) is 13.7 Å². The number of benzene rings is 1. The molecule has 0 spiro atoms. The minimum absolute atomic E-state index is 0.446. The predicted octanol–water partition coefficient (Wildman–Crippen LogP) is 2.51. The Labute approximate surface area is 147 Å². The lowest BCUT2D eigenvalue weighted by molar-refractivity contribution is -0.121. The standard InChI is InChI=1S/C19H22N4O2/c1-14-11-17(15(2)23(14)9-10-25-3)13-21-22-19(24)18(12-20)16-7-5-4-6-8-16/h4-8,11,13,18H,9-10H2,1-3H3,(H,22,24)/b21-13-/t18-/m0/s1. The van der Waals surface area contributed by atoms with Gasteiger partial charge in [-0.15, -0.1) is 0 Å². The Morgan fingerprint density at radius 3 is 2.76 bits per heavy atom. The molecule has 6 heteroatoms. The predicted molar refractivity (Wildman–Crippen MR) is 96.3 cm³/mol. The highest BCUT2D eigenvalue weighted by atomic mass is 16.5. The van der Waals surface area contributed by atoms with Crippen LogP contribution in [-0.2, 0) is 16.1 Å². The summed E-state index contributed by atoms with van der Waals surface area (Å²) in [7, 11) is 1.67. The fourth-order valence-corrected chi connectivity index (χ4v) is 2.65. The normalized spacial score (nSPS) is 12.1. The summed E-state index contributed by atoms with van der Waals surface area (Å²) in [4.78, 5) is 12.2. The fraction of sp³-hybridized carbons (Fsp3) is 0.316. The molecule has 0 bridgehead atoms. The molecule has 0 saturated heterocycles. The van der Waals surface area contributed by atoms with Crippen molar-refractivity contribution in [2.45, 2.75) is 26.3 Å². The molecule has 0 aliphatic rings. The first-order valence-electron chi connectivity index (χ1n) is 8.01. The molecule has 1 aromatic heterocycles. The lowest BCUT2D eigenvalue weighted by Crippen LogP contribution is -2.24. The Morgan fingerprint density at radius 1 is 1.40 bits per heavy atom. The highest BCUT2D eigenvalue weighted by molar-refractivity contribution is 5.88. The monoisotopic (exact) mass is 338 g/mol. The Balaban J connectivity index is 2.05. The number of nitrogens with one attached hydrogen (secondary N) is 1. The average molecular weight is 338 g/mol. The van der Waals surface area contributed by atoms with Gasteiger partial charge in [0, 0.05) is 30.6 Å². The minimum Gasteiger partial charge on any atom is -0.383 e. The number of hydrogen-bond donors (Lipinski definition) is 1. The van der Waals surface area contributed by atoms with Gasteiger partial charge < -0.3 is 9.30 Å². The van der Waals surface area contributed by atoms with Gasteiger partial charge in [0.1, 0.15) is 0 Å². The van der Waals surface area contributed by atoms with Gasteiger partial charge in [0.15, 0.2) is 5.92 Å². The fourth-order valence-electron chi connectivity index (χ4n) is 2.65. The SMILES string of the molecule is COCCn1c(C)cc(/C=N\NC(=O)[C@@H](C#N)c2ccccc2)c1C. The van der Waals surface area contributed by atoms with Crippen LogP contribution in [0.4, 0.5) is 0 Å². The van der Waals surface area contributed by atoms with Crippen molar-refractivity contribution in [1.82, 2.24) is 9.99 Å². The number of aromatic nitrogens is 1. The molecule has 0 unspecified atom stereocenters. The Hall–Kier alpha value is -2.91. The lowest BCUT2D eigenvalue weighted by Gasteiger charge is -2.08. The zero-order chi connectivity index (χ0) is 18.2. The summed E-state index contributed by atoms with van der Waals surface area (Å²) in [6.07, 6.45) is 1.60. The van der Waals surface area contributed by atoms with Crippen LogP contribution < -0.4 is 5.43 Å². The number of carbonyl (C=O) groups excluding carboxylic acids is 1. The van der Waals surface area contributed by atoms with Crippen molar-refractivity contribution >= 4 is 12.1 Å². The van der Waals surface area contributed by atoms with Crippen LogP contribution in [0.1, 0.15) is 28.4 Å². The van der Waals surface area contributed by atoms with Crippen LogP contribution in [0.25, 0.3) is 0 Å². The van der Waals surface area contributed by atoms with Crippen LogP contribution in [0.2, 0.25) is 0 Å². The van der Waals surface area contributed by atoms with Gasteiger partial charge in [-0.25, -0.2) is 5.43 Å². The number of amides is 1. The zero-order valence-corrected chi connectivity index (χ0v) is 14.7. The maximum absolute atomic E-state index is 12.2. The van der Waals surface area contributed by atoms with Crippen LogP contribution in [0, 0.1) is 25.2 Å². The molecule has 0 saturated carbocycles. The second-order valence-corrected chi connectivity index (χ2v) is 5.68. The number of aryl methyl sites for hydroxylation is 1. The first-order valence-corrected chi connectivity index (χ1v) is 8.01. The van der Waals surface area contributed by atoms with Gasteiger partial charge in [0.05, 0.1) is 18.9 Å². The number of methoxy groups -OCH3 is 1. The third-order valence-corrected chi connectivity index (χ3v) is 4.03. The first kappa shape index (κ1) is 18.4. The maximum Gasteiger partial charge on any atom is 0.261 e. The Kier molecular flexibility index (Phi) is 6.49. The molecule has 0 aliphatic heterocycles.